The van der Waals surface area contributed by atoms with Gasteiger partial charge >= 0.3 is 0 Å². The van der Waals surface area contributed by atoms with Crippen molar-refractivity contribution in [2.24, 2.45) is 0 Å². The first kappa shape index (κ1) is 8.28. The predicted octanol–water partition coefficient (Wildman–Crippen LogP) is 1.59. The Kier molecular flexibility index (Phi) is 2.03. The summed E-state index contributed by atoms with van der Waals surface area (Å²) in [7, 11) is 0. The van der Waals surface area contributed by atoms with Crippen molar-refractivity contribution in [1.29, 1.82) is 5.26 Å². The highest BCUT2D eigenvalue weighted by molar-refractivity contribution is 5.39. The molecule has 0 bridgehead atoms. The number of benzene rings is 1. The summed E-state index contributed by atoms with van der Waals surface area (Å²) in [5, 5.41) is 12.1. The zero-order valence-corrected chi connectivity index (χ0v) is 7.67. The van der Waals surface area contributed by atoms with E-state index in [4.69, 9.17) is 5.26 Å². The first-order valence-corrected chi connectivity index (χ1v) is 4.55. The van der Waals surface area contributed by atoms with Gasteiger partial charge in [0.1, 0.15) is 0 Å². The molecule has 0 aromatic heterocycles. The van der Waals surface area contributed by atoms with Crippen molar-refractivity contribution in [2.45, 2.75) is 25.9 Å². The van der Waals surface area contributed by atoms with Crippen molar-refractivity contribution < 1.29 is 0 Å². The molecular formula is C11H12N2. The summed E-state index contributed by atoms with van der Waals surface area (Å²) in [5.41, 5.74) is 3.43. The zero-order valence-electron chi connectivity index (χ0n) is 7.67. The Labute approximate surface area is 78.2 Å². The fourth-order valence-electron chi connectivity index (χ4n) is 1.74. The maximum absolute atomic E-state index is 8.74. The van der Waals surface area contributed by atoms with Gasteiger partial charge in [0.25, 0.3) is 0 Å². The quantitative estimate of drug-likeness (QED) is 0.645. The maximum atomic E-state index is 8.74. The molecule has 1 aliphatic rings. The molecule has 1 N–H and O–H groups in total. The summed E-state index contributed by atoms with van der Waals surface area (Å²) < 4.78 is 0. The number of nitrogens with one attached hydrogen (secondary N) is 1. The number of rotatable bonds is 0. The molecule has 66 valence electrons. The molecule has 0 radical (unpaired) electrons. The molecule has 0 amide bonds. The van der Waals surface area contributed by atoms with Gasteiger partial charge in [0.05, 0.1) is 11.6 Å². The van der Waals surface area contributed by atoms with Gasteiger partial charge in [-0.15, -0.1) is 0 Å². The lowest BCUT2D eigenvalue weighted by Gasteiger charge is -2.22. The standard InChI is InChI=1S/C11H12N2/c1-8-4-11-5-9(6-12)2-3-10(11)7-13-8/h2-3,5,8,13H,4,7H2,1H3. The fraction of sp³-hybridized carbons (Fsp3) is 0.364. The van der Waals surface area contributed by atoms with Gasteiger partial charge in [-0.2, -0.15) is 5.26 Å². The van der Waals surface area contributed by atoms with Gasteiger partial charge in [0, 0.05) is 12.6 Å². The summed E-state index contributed by atoms with van der Waals surface area (Å²) in [6.45, 7) is 3.10. The van der Waals surface area contributed by atoms with Crippen LogP contribution in [0.3, 0.4) is 0 Å². The van der Waals surface area contributed by atoms with E-state index >= 15 is 0 Å². The largest absolute Gasteiger partial charge is 0.310 e. The molecule has 1 aliphatic heterocycles. The monoisotopic (exact) mass is 172 g/mol. The molecule has 2 heteroatoms. The molecule has 0 saturated heterocycles. The van der Waals surface area contributed by atoms with Crippen molar-refractivity contribution in [1.82, 2.24) is 5.32 Å². The van der Waals surface area contributed by atoms with Crippen LogP contribution in [-0.2, 0) is 13.0 Å². The molecule has 1 aromatic rings. The van der Waals surface area contributed by atoms with Crippen molar-refractivity contribution in [3.63, 3.8) is 0 Å². The van der Waals surface area contributed by atoms with Crippen molar-refractivity contribution >= 4 is 0 Å². The average molecular weight is 172 g/mol. The fourth-order valence-corrected chi connectivity index (χ4v) is 1.74. The van der Waals surface area contributed by atoms with E-state index in [0.717, 1.165) is 18.5 Å². The van der Waals surface area contributed by atoms with Gasteiger partial charge in [-0.05, 0) is 36.6 Å². The number of hydrogen-bond acceptors (Lipinski definition) is 2. The molecule has 13 heavy (non-hydrogen) atoms. The van der Waals surface area contributed by atoms with Crippen molar-refractivity contribution in [2.75, 3.05) is 0 Å². The smallest absolute Gasteiger partial charge is 0.0991 e. The molecule has 0 fully saturated rings. The van der Waals surface area contributed by atoms with Crippen molar-refractivity contribution in [3.8, 4) is 6.07 Å². The second-order valence-corrected chi connectivity index (χ2v) is 3.58. The van der Waals surface area contributed by atoms with Crippen LogP contribution in [0.15, 0.2) is 18.2 Å². The SMILES string of the molecule is CC1Cc2cc(C#N)ccc2CN1. The van der Waals surface area contributed by atoms with Crippen LogP contribution in [0.2, 0.25) is 0 Å². The van der Waals surface area contributed by atoms with E-state index in [1.807, 2.05) is 18.2 Å². The number of nitriles is 1. The Morgan fingerprint density at radius 3 is 3.08 bits per heavy atom. The third-order valence-corrected chi connectivity index (χ3v) is 2.50. The number of nitrogens with zero attached hydrogens (tertiary/aromatic N) is 1. The van der Waals surface area contributed by atoms with Crippen LogP contribution < -0.4 is 5.32 Å². The van der Waals surface area contributed by atoms with E-state index in [9.17, 15) is 0 Å². The molecule has 0 saturated carbocycles. The van der Waals surface area contributed by atoms with E-state index in [0.29, 0.717) is 6.04 Å². The normalized spacial score (nSPS) is 20.5. The third-order valence-electron chi connectivity index (χ3n) is 2.50. The minimum absolute atomic E-state index is 0.529. The van der Waals surface area contributed by atoms with E-state index in [1.54, 1.807) is 0 Å². The molecular weight excluding hydrogens is 160 g/mol. The van der Waals surface area contributed by atoms with Gasteiger partial charge in [-0.25, -0.2) is 0 Å². The summed E-state index contributed by atoms with van der Waals surface area (Å²) >= 11 is 0. The molecule has 0 aliphatic carbocycles. The van der Waals surface area contributed by atoms with Crippen LogP contribution in [0.1, 0.15) is 23.6 Å². The van der Waals surface area contributed by atoms with Crippen LogP contribution >= 0.6 is 0 Å². The van der Waals surface area contributed by atoms with Crippen LogP contribution in [0, 0.1) is 11.3 Å². The van der Waals surface area contributed by atoms with Crippen molar-refractivity contribution in [3.05, 3.63) is 34.9 Å². The Morgan fingerprint density at radius 2 is 2.31 bits per heavy atom. The molecule has 0 spiro atoms. The second kappa shape index (κ2) is 3.20. The minimum Gasteiger partial charge on any atom is -0.310 e. The summed E-state index contributed by atoms with van der Waals surface area (Å²) in [6.07, 6.45) is 1.03. The lowest BCUT2D eigenvalue weighted by molar-refractivity contribution is 0.513. The first-order valence-electron chi connectivity index (χ1n) is 4.55. The minimum atomic E-state index is 0.529. The Morgan fingerprint density at radius 1 is 1.46 bits per heavy atom. The maximum Gasteiger partial charge on any atom is 0.0991 e. The van der Waals surface area contributed by atoms with E-state index in [-0.39, 0.29) is 0 Å². The van der Waals surface area contributed by atoms with Crippen LogP contribution in [0.5, 0.6) is 0 Å². The lowest BCUT2D eigenvalue weighted by atomic mass is 9.95. The van der Waals surface area contributed by atoms with Crippen LogP contribution in [-0.4, -0.2) is 6.04 Å². The Balaban J connectivity index is 2.39. The highest BCUT2D eigenvalue weighted by Gasteiger charge is 2.13. The van der Waals surface area contributed by atoms with Gasteiger partial charge in [0.2, 0.25) is 0 Å². The topological polar surface area (TPSA) is 35.8 Å². The highest BCUT2D eigenvalue weighted by atomic mass is 14.9. The molecule has 1 atom stereocenters. The molecule has 2 rings (SSSR count). The Hall–Kier alpha value is -1.33. The van der Waals surface area contributed by atoms with Crippen LogP contribution in [0.25, 0.3) is 0 Å². The van der Waals surface area contributed by atoms with E-state index in [1.165, 1.54) is 11.1 Å². The molecule has 1 unspecified atom stereocenters. The van der Waals surface area contributed by atoms with Gasteiger partial charge in [-0.3, -0.25) is 0 Å². The molecule has 2 nitrogen and oxygen atoms in total. The number of fused-ring (bicyclic) bond motifs is 1. The predicted molar refractivity (Wildman–Crippen MR) is 51.2 cm³/mol. The lowest BCUT2D eigenvalue weighted by Crippen LogP contribution is -2.32. The number of hydrogen-bond donors (Lipinski definition) is 1. The summed E-state index contributed by atoms with van der Waals surface area (Å²) in [5.74, 6) is 0. The Bertz CT molecular complexity index is 363. The zero-order chi connectivity index (χ0) is 9.26. The van der Waals surface area contributed by atoms with Gasteiger partial charge < -0.3 is 5.32 Å². The van der Waals surface area contributed by atoms with Gasteiger partial charge in [-0.1, -0.05) is 6.07 Å². The summed E-state index contributed by atoms with van der Waals surface area (Å²) in [4.78, 5) is 0. The van der Waals surface area contributed by atoms with E-state index < -0.39 is 0 Å². The molecule has 1 heterocycles. The highest BCUT2D eigenvalue weighted by Crippen LogP contribution is 2.17. The third kappa shape index (κ3) is 1.56. The second-order valence-electron chi connectivity index (χ2n) is 3.58. The van der Waals surface area contributed by atoms with Crippen LogP contribution in [0.4, 0.5) is 0 Å². The first-order chi connectivity index (χ1) is 6.29. The van der Waals surface area contributed by atoms with E-state index in [2.05, 4.69) is 18.3 Å². The van der Waals surface area contributed by atoms with Gasteiger partial charge in [0.15, 0.2) is 0 Å². The average Bonchev–Trinajstić information content (AvgIpc) is 2.16. The molecule has 1 aromatic carbocycles. The summed E-state index contributed by atoms with van der Waals surface area (Å²) in [6, 6.07) is 8.64.